The highest BCUT2D eigenvalue weighted by molar-refractivity contribution is 6.09. The molecule has 0 saturated carbocycles. The van der Waals surface area contributed by atoms with Crippen molar-refractivity contribution >= 4 is 17.5 Å². The van der Waals surface area contributed by atoms with E-state index in [1.165, 1.54) is 17.0 Å². The summed E-state index contributed by atoms with van der Waals surface area (Å²) in [5, 5.41) is 0. The van der Waals surface area contributed by atoms with E-state index in [0.717, 1.165) is 0 Å². The Labute approximate surface area is 107 Å². The Bertz CT molecular complexity index is 454. The molecule has 5 heteroatoms. The standard InChI is InChI=1S/C11H11FN2O2.C2H6.H2/c12-8-3-1-2-4-9(8)14-6-5-7(10(13)15)11(14)16;1-2;/h1-4,7H,5-6H2,(H2,13,15);1-2H3;1H. The first kappa shape index (κ1) is 14.2. The highest BCUT2D eigenvalue weighted by Gasteiger charge is 2.37. The summed E-state index contributed by atoms with van der Waals surface area (Å²) >= 11 is 0. The number of nitrogens with zero attached hydrogens (tertiary/aromatic N) is 1. The molecule has 0 aliphatic carbocycles. The van der Waals surface area contributed by atoms with Gasteiger partial charge in [-0.1, -0.05) is 26.0 Å². The molecule has 0 radical (unpaired) electrons. The van der Waals surface area contributed by atoms with Gasteiger partial charge >= 0.3 is 0 Å². The summed E-state index contributed by atoms with van der Waals surface area (Å²) in [5.41, 5.74) is 5.29. The monoisotopic (exact) mass is 254 g/mol. The maximum atomic E-state index is 13.4. The van der Waals surface area contributed by atoms with Crippen molar-refractivity contribution in [2.24, 2.45) is 11.7 Å². The van der Waals surface area contributed by atoms with Crippen LogP contribution in [0.15, 0.2) is 24.3 Å². The van der Waals surface area contributed by atoms with E-state index >= 15 is 0 Å². The van der Waals surface area contributed by atoms with Gasteiger partial charge in [-0.25, -0.2) is 4.39 Å². The minimum atomic E-state index is -0.820. The molecule has 2 N–H and O–H groups in total. The van der Waals surface area contributed by atoms with Crippen molar-refractivity contribution in [3.05, 3.63) is 30.1 Å². The topological polar surface area (TPSA) is 63.4 Å². The molecular formula is C13H19FN2O2. The molecule has 1 heterocycles. The lowest BCUT2D eigenvalue weighted by molar-refractivity contribution is -0.130. The van der Waals surface area contributed by atoms with Gasteiger partial charge in [0.05, 0.1) is 5.69 Å². The van der Waals surface area contributed by atoms with E-state index in [0.29, 0.717) is 13.0 Å². The largest absolute Gasteiger partial charge is 0.369 e. The van der Waals surface area contributed by atoms with Gasteiger partial charge in [0.2, 0.25) is 11.8 Å². The number of halogens is 1. The van der Waals surface area contributed by atoms with Crippen molar-refractivity contribution in [3.8, 4) is 0 Å². The molecule has 18 heavy (non-hydrogen) atoms. The molecule has 1 atom stereocenters. The number of benzene rings is 1. The number of carbonyl (C=O) groups is 2. The van der Waals surface area contributed by atoms with Crippen molar-refractivity contribution < 1.29 is 15.4 Å². The lowest BCUT2D eigenvalue weighted by atomic mass is 10.1. The Balaban J connectivity index is 0.00000103. The number of hydrogen-bond acceptors (Lipinski definition) is 2. The Hall–Kier alpha value is -1.91. The van der Waals surface area contributed by atoms with E-state index in [1.54, 1.807) is 12.1 Å². The number of carbonyl (C=O) groups excluding carboxylic acids is 2. The summed E-state index contributed by atoms with van der Waals surface area (Å²) in [6, 6.07) is 5.98. The van der Waals surface area contributed by atoms with Crippen LogP contribution in [0.2, 0.25) is 0 Å². The second-order valence-electron chi connectivity index (χ2n) is 3.68. The minimum absolute atomic E-state index is 0. The molecule has 0 bridgehead atoms. The van der Waals surface area contributed by atoms with E-state index < -0.39 is 23.5 Å². The van der Waals surface area contributed by atoms with Gasteiger partial charge < -0.3 is 10.6 Å². The molecule has 1 aromatic carbocycles. The molecule has 1 aliphatic heterocycles. The summed E-state index contributed by atoms with van der Waals surface area (Å²) < 4.78 is 13.4. The first-order chi connectivity index (χ1) is 8.61. The average molecular weight is 254 g/mol. The first-order valence-electron chi connectivity index (χ1n) is 5.96. The van der Waals surface area contributed by atoms with Crippen LogP contribution in [0.3, 0.4) is 0 Å². The molecule has 0 aromatic heterocycles. The second-order valence-corrected chi connectivity index (χ2v) is 3.68. The quantitative estimate of drug-likeness (QED) is 0.820. The molecule has 1 aliphatic rings. The zero-order valence-electron chi connectivity index (χ0n) is 10.5. The fourth-order valence-electron chi connectivity index (χ4n) is 1.85. The maximum absolute atomic E-state index is 13.4. The summed E-state index contributed by atoms with van der Waals surface area (Å²) in [6.07, 6.45) is 0.350. The van der Waals surface area contributed by atoms with Crippen LogP contribution in [-0.4, -0.2) is 18.4 Å². The van der Waals surface area contributed by atoms with Crippen molar-refractivity contribution in [1.29, 1.82) is 0 Å². The second kappa shape index (κ2) is 6.14. The predicted octanol–water partition coefficient (Wildman–Crippen LogP) is 1.94. The SMILES string of the molecule is CC.NC(=O)C1CCN(c2ccccc2F)C1=O.[HH]. The van der Waals surface area contributed by atoms with Gasteiger partial charge in [0, 0.05) is 7.97 Å². The van der Waals surface area contributed by atoms with Crippen LogP contribution >= 0.6 is 0 Å². The Morgan fingerprint density at radius 2 is 2.06 bits per heavy atom. The molecule has 1 unspecified atom stereocenters. The zero-order chi connectivity index (χ0) is 13.7. The molecule has 4 nitrogen and oxygen atoms in total. The fourth-order valence-corrected chi connectivity index (χ4v) is 1.85. The van der Waals surface area contributed by atoms with Crippen LogP contribution in [0, 0.1) is 11.7 Å². The van der Waals surface area contributed by atoms with Gasteiger partial charge in [-0.05, 0) is 18.6 Å². The van der Waals surface area contributed by atoms with Crippen LogP contribution in [0.25, 0.3) is 0 Å². The molecule has 1 saturated heterocycles. The van der Waals surface area contributed by atoms with Gasteiger partial charge in [0.25, 0.3) is 0 Å². The lowest BCUT2D eigenvalue weighted by Gasteiger charge is -2.16. The summed E-state index contributed by atoms with van der Waals surface area (Å²) in [6.45, 7) is 4.33. The Morgan fingerprint density at radius 3 is 2.56 bits per heavy atom. The van der Waals surface area contributed by atoms with Gasteiger partial charge in [-0.3, -0.25) is 9.59 Å². The number of hydrogen-bond donors (Lipinski definition) is 1. The van der Waals surface area contributed by atoms with Crippen molar-refractivity contribution in [3.63, 3.8) is 0 Å². The molecule has 2 rings (SSSR count). The van der Waals surface area contributed by atoms with Crippen molar-refractivity contribution in [1.82, 2.24) is 0 Å². The van der Waals surface area contributed by atoms with Gasteiger partial charge in [0.1, 0.15) is 11.7 Å². The number of nitrogens with two attached hydrogens (primary N) is 1. The molecular weight excluding hydrogens is 235 g/mol. The molecule has 0 spiro atoms. The number of para-hydroxylation sites is 1. The van der Waals surface area contributed by atoms with E-state index in [-0.39, 0.29) is 7.11 Å². The Kier molecular flexibility index (Phi) is 4.83. The van der Waals surface area contributed by atoms with Crippen LogP contribution in [0.1, 0.15) is 21.7 Å². The highest BCUT2D eigenvalue weighted by atomic mass is 19.1. The van der Waals surface area contributed by atoms with Gasteiger partial charge in [-0.2, -0.15) is 0 Å². The third-order valence-corrected chi connectivity index (χ3v) is 2.69. The third-order valence-electron chi connectivity index (χ3n) is 2.69. The zero-order valence-corrected chi connectivity index (χ0v) is 10.5. The van der Waals surface area contributed by atoms with Crippen molar-refractivity contribution in [2.75, 3.05) is 11.4 Å². The van der Waals surface area contributed by atoms with Crippen LogP contribution < -0.4 is 10.6 Å². The van der Waals surface area contributed by atoms with Crippen LogP contribution in [0.4, 0.5) is 10.1 Å². The molecule has 100 valence electrons. The van der Waals surface area contributed by atoms with E-state index in [2.05, 4.69) is 0 Å². The van der Waals surface area contributed by atoms with Crippen LogP contribution in [0.5, 0.6) is 0 Å². The van der Waals surface area contributed by atoms with Gasteiger partial charge in [-0.15, -0.1) is 0 Å². The van der Waals surface area contributed by atoms with E-state index in [1.807, 2.05) is 13.8 Å². The van der Waals surface area contributed by atoms with E-state index in [4.69, 9.17) is 5.73 Å². The van der Waals surface area contributed by atoms with Crippen molar-refractivity contribution in [2.45, 2.75) is 20.3 Å². The predicted molar refractivity (Wildman–Crippen MR) is 69.5 cm³/mol. The number of rotatable bonds is 2. The first-order valence-corrected chi connectivity index (χ1v) is 5.96. The van der Waals surface area contributed by atoms with E-state index in [9.17, 15) is 14.0 Å². The lowest BCUT2D eigenvalue weighted by Crippen LogP contribution is -2.33. The van der Waals surface area contributed by atoms with Gasteiger partial charge in [0.15, 0.2) is 0 Å². The summed E-state index contributed by atoms with van der Waals surface area (Å²) in [5.74, 6) is -2.36. The van der Waals surface area contributed by atoms with Crippen LogP contribution in [-0.2, 0) is 9.59 Å². The number of anilines is 1. The normalized spacial score (nSPS) is 18.3. The maximum Gasteiger partial charge on any atom is 0.239 e. The highest BCUT2D eigenvalue weighted by Crippen LogP contribution is 2.26. The number of primary amides is 1. The molecule has 1 fully saturated rings. The molecule has 1 aromatic rings. The fraction of sp³-hybridized carbons (Fsp3) is 0.385. The summed E-state index contributed by atoms with van der Waals surface area (Å²) in [4.78, 5) is 24.0. The minimum Gasteiger partial charge on any atom is -0.369 e. The third kappa shape index (κ3) is 2.67. The average Bonchev–Trinajstić information content (AvgIpc) is 2.74. The number of amides is 2. The Morgan fingerprint density at radius 1 is 1.44 bits per heavy atom. The molecule has 2 amide bonds. The smallest absolute Gasteiger partial charge is 0.239 e. The summed E-state index contributed by atoms with van der Waals surface area (Å²) in [7, 11) is 0.